The van der Waals surface area contributed by atoms with Gasteiger partial charge in [0.25, 0.3) is 0 Å². The number of rotatable bonds is 12. The third-order valence-electron chi connectivity index (χ3n) is 7.14. The van der Waals surface area contributed by atoms with Crippen molar-refractivity contribution in [3.8, 4) is 11.5 Å². The number of Topliss-reactive ketones (excluding diaryl/α,β-unsaturated/α-hetero) is 1. The van der Waals surface area contributed by atoms with Crippen molar-refractivity contribution in [1.82, 2.24) is 0 Å². The number of hydrogen-bond acceptors (Lipinski definition) is 5. The van der Waals surface area contributed by atoms with Crippen LogP contribution in [0, 0.1) is 6.92 Å². The van der Waals surface area contributed by atoms with Gasteiger partial charge in [0.05, 0.1) is 32.1 Å². The number of carboxylic acids is 1. The highest BCUT2D eigenvalue weighted by atomic mass is 16.5. The maximum atomic E-state index is 14.4. The molecule has 196 valence electrons. The minimum absolute atomic E-state index is 0.0779. The molecule has 6 heteroatoms. The van der Waals surface area contributed by atoms with Crippen LogP contribution < -0.4 is 9.47 Å². The summed E-state index contributed by atoms with van der Waals surface area (Å²) in [7, 11) is 3.15. The van der Waals surface area contributed by atoms with Crippen molar-refractivity contribution in [1.29, 1.82) is 0 Å². The monoisotopic (exact) mass is 511 g/mol. The number of aliphatic carboxylic acids is 1. The predicted octanol–water partition coefficient (Wildman–Crippen LogP) is 6.01. The lowest BCUT2D eigenvalue weighted by Gasteiger charge is -2.34. The molecule has 1 heterocycles. The number of benzene rings is 3. The average Bonchev–Trinajstić information content (AvgIpc) is 3.39. The summed E-state index contributed by atoms with van der Waals surface area (Å²) in [6.45, 7) is 1.89. The summed E-state index contributed by atoms with van der Waals surface area (Å²) in [5, 5.41) is 9.20. The Morgan fingerprint density at radius 2 is 1.61 bits per heavy atom. The Bertz CT molecular complexity index is 1310. The van der Waals surface area contributed by atoms with E-state index in [9.17, 15) is 14.7 Å². The number of carbonyl (C=O) groups is 2. The van der Waals surface area contributed by atoms with Crippen LogP contribution in [0.5, 0.6) is 11.5 Å². The van der Waals surface area contributed by atoms with Crippen LogP contribution >= 0.6 is 0 Å². The van der Waals surface area contributed by atoms with E-state index < -0.39 is 17.4 Å². The zero-order valence-electron chi connectivity index (χ0n) is 22.0. The summed E-state index contributed by atoms with van der Waals surface area (Å²) in [6.07, 6.45) is 7.99. The molecule has 4 rings (SSSR count). The number of nitrogens with zero attached hydrogens (tertiary/aromatic N) is 1. The smallest absolute Gasteiger partial charge is 0.307 e. The number of ether oxygens (including phenoxy) is 2. The number of methoxy groups -OCH3 is 2. The summed E-state index contributed by atoms with van der Waals surface area (Å²) in [5.41, 5.74) is 3.22. The molecular formula is C32H33NO5. The Morgan fingerprint density at radius 1 is 0.947 bits per heavy atom. The lowest BCUT2D eigenvalue weighted by atomic mass is 9.72. The lowest BCUT2D eigenvalue weighted by Crippen LogP contribution is -2.37. The van der Waals surface area contributed by atoms with E-state index in [1.54, 1.807) is 44.7 Å². The molecule has 0 saturated heterocycles. The first kappa shape index (κ1) is 26.9. The molecule has 3 aromatic rings. The van der Waals surface area contributed by atoms with Gasteiger partial charge < -0.3 is 14.6 Å². The van der Waals surface area contributed by atoms with E-state index in [0.29, 0.717) is 29.0 Å². The number of hydrogen-bond donors (Lipinski definition) is 1. The van der Waals surface area contributed by atoms with Crippen LogP contribution in [0.3, 0.4) is 0 Å². The first-order valence-electron chi connectivity index (χ1n) is 12.7. The SMILES string of the molecule is COc1cc(C(=O)C(c2ccc(CC(=O)O)cc2)C2(CCCc3ccccc3)C=CC=N2)cc(OC)c1C. The van der Waals surface area contributed by atoms with Crippen molar-refractivity contribution in [2.24, 2.45) is 4.99 Å². The Balaban J connectivity index is 1.75. The van der Waals surface area contributed by atoms with Gasteiger partial charge in [-0.3, -0.25) is 14.6 Å². The van der Waals surface area contributed by atoms with E-state index in [4.69, 9.17) is 14.5 Å². The van der Waals surface area contributed by atoms with Gasteiger partial charge in [-0.25, -0.2) is 0 Å². The first-order chi connectivity index (χ1) is 18.4. The van der Waals surface area contributed by atoms with Crippen LogP contribution in [-0.2, 0) is 17.6 Å². The molecule has 2 atom stereocenters. The number of aliphatic imine (C=N–C) groups is 1. The molecule has 0 fully saturated rings. The molecule has 0 aliphatic carbocycles. The molecule has 0 amide bonds. The van der Waals surface area contributed by atoms with Crippen LogP contribution in [0.2, 0.25) is 0 Å². The molecule has 0 spiro atoms. The van der Waals surface area contributed by atoms with Crippen LogP contribution in [0.15, 0.2) is 83.9 Å². The zero-order chi connectivity index (χ0) is 27.1. The Kier molecular flexibility index (Phi) is 8.41. The van der Waals surface area contributed by atoms with E-state index in [1.165, 1.54) is 5.56 Å². The Morgan fingerprint density at radius 3 is 2.16 bits per heavy atom. The average molecular weight is 512 g/mol. The van der Waals surface area contributed by atoms with Crippen molar-refractivity contribution < 1.29 is 24.2 Å². The quantitative estimate of drug-likeness (QED) is 0.301. The fourth-order valence-corrected chi connectivity index (χ4v) is 5.18. The van der Waals surface area contributed by atoms with Gasteiger partial charge in [-0.2, -0.15) is 0 Å². The third kappa shape index (κ3) is 5.86. The largest absolute Gasteiger partial charge is 0.496 e. The molecule has 1 N–H and O–H groups in total. The molecular weight excluding hydrogens is 478 g/mol. The van der Waals surface area contributed by atoms with Gasteiger partial charge in [-0.1, -0.05) is 60.7 Å². The zero-order valence-corrected chi connectivity index (χ0v) is 22.0. The second kappa shape index (κ2) is 11.9. The number of allylic oxidation sites excluding steroid dienone is 1. The van der Waals surface area contributed by atoms with Crippen LogP contribution in [-0.4, -0.2) is 42.8 Å². The Hall–Kier alpha value is -4.19. The molecule has 0 saturated carbocycles. The Labute approximate surface area is 223 Å². The maximum Gasteiger partial charge on any atom is 0.307 e. The van der Waals surface area contributed by atoms with Crippen LogP contribution in [0.25, 0.3) is 0 Å². The molecule has 0 radical (unpaired) electrons. The van der Waals surface area contributed by atoms with Gasteiger partial charge in [0, 0.05) is 17.3 Å². The minimum Gasteiger partial charge on any atom is -0.496 e. The van der Waals surface area contributed by atoms with E-state index in [-0.39, 0.29) is 12.2 Å². The van der Waals surface area contributed by atoms with E-state index >= 15 is 0 Å². The molecule has 0 bridgehead atoms. The first-order valence-corrected chi connectivity index (χ1v) is 12.7. The van der Waals surface area contributed by atoms with Gasteiger partial charge >= 0.3 is 5.97 Å². The summed E-state index contributed by atoms with van der Waals surface area (Å²) in [4.78, 5) is 30.5. The summed E-state index contributed by atoms with van der Waals surface area (Å²) >= 11 is 0. The minimum atomic E-state index is -0.898. The highest BCUT2D eigenvalue weighted by molar-refractivity contribution is 6.03. The lowest BCUT2D eigenvalue weighted by molar-refractivity contribution is -0.136. The van der Waals surface area contributed by atoms with Gasteiger partial charge in [0.15, 0.2) is 5.78 Å². The normalized spacial score (nSPS) is 16.8. The molecule has 3 aromatic carbocycles. The fraction of sp³-hybridized carbons (Fsp3) is 0.281. The number of carboxylic acid groups (broad SMARTS) is 1. The molecule has 6 nitrogen and oxygen atoms in total. The summed E-state index contributed by atoms with van der Waals surface area (Å²) < 4.78 is 11.1. The van der Waals surface area contributed by atoms with Gasteiger partial charge in [0.2, 0.25) is 0 Å². The highest BCUT2D eigenvalue weighted by Crippen LogP contribution is 2.42. The van der Waals surface area contributed by atoms with Crippen molar-refractivity contribution >= 4 is 18.0 Å². The molecule has 38 heavy (non-hydrogen) atoms. The van der Waals surface area contributed by atoms with Gasteiger partial charge in [-0.15, -0.1) is 0 Å². The van der Waals surface area contributed by atoms with Crippen molar-refractivity contribution in [3.63, 3.8) is 0 Å². The molecule has 2 unspecified atom stereocenters. The highest BCUT2D eigenvalue weighted by Gasteiger charge is 2.43. The number of carbonyl (C=O) groups excluding carboxylic acids is 1. The number of aryl methyl sites for hydroxylation is 1. The second-order valence-electron chi connectivity index (χ2n) is 9.58. The fourth-order valence-electron chi connectivity index (χ4n) is 5.18. The van der Waals surface area contributed by atoms with Crippen molar-refractivity contribution in [2.45, 2.75) is 44.1 Å². The van der Waals surface area contributed by atoms with E-state index in [0.717, 1.165) is 24.0 Å². The third-order valence-corrected chi connectivity index (χ3v) is 7.14. The molecule has 1 aliphatic heterocycles. The summed E-state index contributed by atoms with van der Waals surface area (Å²) in [5.74, 6) is -0.469. The molecule has 0 aromatic heterocycles. The summed E-state index contributed by atoms with van der Waals surface area (Å²) in [6, 6.07) is 21.0. The van der Waals surface area contributed by atoms with Crippen molar-refractivity contribution in [3.05, 3.63) is 107 Å². The topological polar surface area (TPSA) is 85.2 Å². The number of ketones is 1. The van der Waals surface area contributed by atoms with Crippen LogP contribution in [0.4, 0.5) is 0 Å². The van der Waals surface area contributed by atoms with Crippen LogP contribution in [0.1, 0.15) is 51.4 Å². The van der Waals surface area contributed by atoms with Gasteiger partial charge in [0.1, 0.15) is 11.5 Å². The van der Waals surface area contributed by atoms with E-state index in [2.05, 4.69) is 12.1 Å². The predicted molar refractivity (Wildman–Crippen MR) is 149 cm³/mol. The standard InChI is InChI=1S/C32H33NO5/c1-22-27(37-2)20-26(21-28(22)38-3)31(36)30(25-14-12-24(13-15-25)19-29(34)35)32(17-8-18-33-32)16-7-11-23-9-5-4-6-10-23/h4-6,8-10,12-15,17-18,20-21,30H,7,11,16,19H2,1-3H3,(H,34,35). The second-order valence-corrected chi connectivity index (χ2v) is 9.58. The van der Waals surface area contributed by atoms with E-state index in [1.807, 2.05) is 49.4 Å². The van der Waals surface area contributed by atoms with Crippen molar-refractivity contribution in [2.75, 3.05) is 14.2 Å². The molecule has 1 aliphatic rings. The van der Waals surface area contributed by atoms with Gasteiger partial charge in [-0.05, 0) is 61.1 Å². The maximum absolute atomic E-state index is 14.4.